The van der Waals surface area contributed by atoms with E-state index in [1.807, 2.05) is 30.3 Å². The third-order valence-electron chi connectivity index (χ3n) is 2.36. The van der Waals surface area contributed by atoms with Crippen molar-refractivity contribution in [2.75, 3.05) is 0 Å². The third-order valence-corrected chi connectivity index (χ3v) is 2.36. The molecule has 2 aromatic rings. The highest BCUT2D eigenvalue weighted by molar-refractivity contribution is 5.86. The van der Waals surface area contributed by atoms with Crippen LogP contribution in [-0.4, -0.2) is 11.0 Å². The van der Waals surface area contributed by atoms with Gasteiger partial charge in [0.2, 0.25) is 0 Å². The Kier molecular flexibility index (Phi) is 2.39. The predicted molar refractivity (Wildman–Crippen MR) is 58.1 cm³/mol. The summed E-state index contributed by atoms with van der Waals surface area (Å²) in [5, 5.41) is 11.5. The molecule has 1 amide bonds. The van der Waals surface area contributed by atoms with Crippen molar-refractivity contribution in [3.05, 3.63) is 48.0 Å². The molecule has 3 heteroatoms. The number of benzene rings is 2. The lowest BCUT2D eigenvalue weighted by Gasteiger charge is -2.07. The monoisotopic (exact) mass is 201 g/mol. The Morgan fingerprint density at radius 1 is 1.13 bits per heavy atom. The van der Waals surface area contributed by atoms with Crippen molar-refractivity contribution >= 4 is 16.7 Å². The number of hydrogen-bond donors (Lipinski definition) is 2. The Bertz CT molecular complexity index is 508. The lowest BCUT2D eigenvalue weighted by molar-refractivity contribution is -0.126. The molecule has 0 heterocycles. The van der Waals surface area contributed by atoms with Crippen LogP contribution in [0.5, 0.6) is 0 Å². The molecule has 0 radical (unpaired) electrons. The van der Waals surface area contributed by atoms with E-state index in [1.54, 1.807) is 12.1 Å². The maximum Gasteiger partial charge on any atom is 0.250 e. The summed E-state index contributed by atoms with van der Waals surface area (Å²) in [7, 11) is 0. The zero-order valence-corrected chi connectivity index (χ0v) is 8.05. The lowest BCUT2D eigenvalue weighted by atomic mass is 10.0. The molecule has 0 aliphatic heterocycles. The molecule has 3 N–H and O–H groups in total. The molecule has 3 nitrogen and oxygen atoms in total. The van der Waals surface area contributed by atoms with E-state index in [0.717, 1.165) is 10.8 Å². The van der Waals surface area contributed by atoms with Crippen LogP contribution in [0, 0.1) is 0 Å². The van der Waals surface area contributed by atoms with Gasteiger partial charge in [0, 0.05) is 0 Å². The minimum atomic E-state index is -1.23. The molecule has 76 valence electrons. The van der Waals surface area contributed by atoms with Crippen molar-refractivity contribution in [3.63, 3.8) is 0 Å². The Labute approximate surface area is 87.1 Å². The average molecular weight is 201 g/mol. The molecule has 15 heavy (non-hydrogen) atoms. The first-order valence-electron chi connectivity index (χ1n) is 4.64. The van der Waals surface area contributed by atoms with Gasteiger partial charge >= 0.3 is 0 Å². The maximum absolute atomic E-state index is 10.8. The SMILES string of the molecule is NC(=O)C(O)c1ccc2ccccc2c1. The van der Waals surface area contributed by atoms with Gasteiger partial charge in [-0.25, -0.2) is 0 Å². The van der Waals surface area contributed by atoms with Crippen molar-refractivity contribution < 1.29 is 9.90 Å². The van der Waals surface area contributed by atoms with Crippen LogP contribution in [0.3, 0.4) is 0 Å². The molecule has 0 bridgehead atoms. The molecule has 0 fully saturated rings. The van der Waals surface area contributed by atoms with E-state index in [2.05, 4.69) is 0 Å². The fourth-order valence-corrected chi connectivity index (χ4v) is 1.54. The first-order chi connectivity index (χ1) is 7.18. The van der Waals surface area contributed by atoms with Gasteiger partial charge in [0.05, 0.1) is 0 Å². The Balaban J connectivity index is 2.51. The number of fused-ring (bicyclic) bond motifs is 1. The molecular formula is C12H11NO2. The number of amides is 1. The molecule has 0 spiro atoms. The van der Waals surface area contributed by atoms with E-state index in [9.17, 15) is 9.90 Å². The summed E-state index contributed by atoms with van der Waals surface area (Å²) in [5.74, 6) is -0.731. The van der Waals surface area contributed by atoms with Gasteiger partial charge in [-0.15, -0.1) is 0 Å². The van der Waals surface area contributed by atoms with E-state index < -0.39 is 12.0 Å². The molecule has 0 aliphatic rings. The van der Waals surface area contributed by atoms with Crippen LogP contribution in [0.1, 0.15) is 11.7 Å². The second-order valence-electron chi connectivity index (χ2n) is 3.41. The third kappa shape index (κ3) is 1.82. The van der Waals surface area contributed by atoms with Crippen LogP contribution in [-0.2, 0) is 4.79 Å². The second-order valence-corrected chi connectivity index (χ2v) is 3.41. The van der Waals surface area contributed by atoms with Crippen LogP contribution in [0.25, 0.3) is 10.8 Å². The lowest BCUT2D eigenvalue weighted by Crippen LogP contribution is -2.20. The van der Waals surface area contributed by atoms with Gasteiger partial charge in [-0.1, -0.05) is 36.4 Å². The summed E-state index contributed by atoms with van der Waals surface area (Å²) in [5.41, 5.74) is 5.55. The van der Waals surface area contributed by atoms with E-state index >= 15 is 0 Å². The zero-order chi connectivity index (χ0) is 10.8. The Morgan fingerprint density at radius 3 is 2.47 bits per heavy atom. The number of carbonyl (C=O) groups is 1. The molecule has 2 rings (SSSR count). The van der Waals surface area contributed by atoms with Crippen LogP contribution < -0.4 is 5.73 Å². The fourth-order valence-electron chi connectivity index (χ4n) is 1.54. The van der Waals surface area contributed by atoms with Crippen molar-refractivity contribution in [1.29, 1.82) is 0 Å². The summed E-state index contributed by atoms with van der Waals surface area (Å²) in [6.45, 7) is 0. The molecule has 0 saturated carbocycles. The Hall–Kier alpha value is -1.87. The van der Waals surface area contributed by atoms with Crippen molar-refractivity contribution in [2.24, 2.45) is 5.73 Å². The summed E-state index contributed by atoms with van der Waals surface area (Å²) in [4.78, 5) is 10.8. The summed E-state index contributed by atoms with van der Waals surface area (Å²) < 4.78 is 0. The van der Waals surface area contributed by atoms with Crippen LogP contribution in [0.4, 0.5) is 0 Å². The standard InChI is InChI=1S/C12H11NO2/c13-12(15)11(14)10-6-5-8-3-1-2-4-9(8)7-10/h1-7,11,14H,(H2,13,15). The van der Waals surface area contributed by atoms with E-state index in [-0.39, 0.29) is 0 Å². The minimum Gasteiger partial charge on any atom is -0.378 e. The maximum atomic E-state index is 10.8. The second kappa shape index (κ2) is 3.71. The normalized spacial score (nSPS) is 12.6. The van der Waals surface area contributed by atoms with Gasteiger partial charge in [-0.3, -0.25) is 4.79 Å². The summed E-state index contributed by atoms with van der Waals surface area (Å²) in [6, 6.07) is 13.1. The highest BCUT2D eigenvalue weighted by atomic mass is 16.3. The molecule has 0 saturated heterocycles. The molecule has 0 aromatic heterocycles. The Morgan fingerprint density at radius 2 is 1.80 bits per heavy atom. The number of nitrogens with two attached hydrogens (primary N) is 1. The first kappa shape index (κ1) is 9.68. The van der Waals surface area contributed by atoms with Gasteiger partial charge in [-0.05, 0) is 22.4 Å². The predicted octanol–water partition coefficient (Wildman–Crippen LogP) is 1.36. The van der Waals surface area contributed by atoms with Gasteiger partial charge < -0.3 is 10.8 Å². The van der Waals surface area contributed by atoms with E-state index in [0.29, 0.717) is 5.56 Å². The molecular weight excluding hydrogens is 190 g/mol. The fraction of sp³-hybridized carbons (Fsp3) is 0.0833. The zero-order valence-electron chi connectivity index (χ0n) is 8.05. The quantitative estimate of drug-likeness (QED) is 0.770. The van der Waals surface area contributed by atoms with Gasteiger partial charge in [-0.2, -0.15) is 0 Å². The average Bonchev–Trinajstić information content (AvgIpc) is 2.27. The largest absolute Gasteiger partial charge is 0.378 e. The molecule has 1 atom stereocenters. The van der Waals surface area contributed by atoms with Crippen molar-refractivity contribution in [3.8, 4) is 0 Å². The van der Waals surface area contributed by atoms with Gasteiger partial charge in [0.15, 0.2) is 6.10 Å². The number of hydrogen-bond acceptors (Lipinski definition) is 2. The number of aliphatic hydroxyl groups is 1. The number of primary amides is 1. The van der Waals surface area contributed by atoms with Crippen LogP contribution in [0.15, 0.2) is 42.5 Å². The topological polar surface area (TPSA) is 63.3 Å². The van der Waals surface area contributed by atoms with Gasteiger partial charge in [0.1, 0.15) is 0 Å². The molecule has 2 aromatic carbocycles. The van der Waals surface area contributed by atoms with Crippen molar-refractivity contribution in [2.45, 2.75) is 6.10 Å². The van der Waals surface area contributed by atoms with Gasteiger partial charge in [0.25, 0.3) is 5.91 Å². The highest BCUT2D eigenvalue weighted by Gasteiger charge is 2.13. The minimum absolute atomic E-state index is 0.529. The first-order valence-corrected chi connectivity index (χ1v) is 4.64. The highest BCUT2D eigenvalue weighted by Crippen LogP contribution is 2.19. The van der Waals surface area contributed by atoms with Crippen LogP contribution >= 0.6 is 0 Å². The smallest absolute Gasteiger partial charge is 0.250 e. The van der Waals surface area contributed by atoms with E-state index in [1.165, 1.54) is 0 Å². The number of rotatable bonds is 2. The molecule has 1 unspecified atom stereocenters. The summed E-state index contributed by atoms with van der Waals surface area (Å²) in [6.07, 6.45) is -1.23. The summed E-state index contributed by atoms with van der Waals surface area (Å²) >= 11 is 0. The van der Waals surface area contributed by atoms with Crippen molar-refractivity contribution in [1.82, 2.24) is 0 Å². The van der Waals surface area contributed by atoms with E-state index in [4.69, 9.17) is 5.73 Å². The van der Waals surface area contributed by atoms with Crippen LogP contribution in [0.2, 0.25) is 0 Å². The number of carbonyl (C=O) groups excluding carboxylic acids is 1. The molecule has 0 aliphatic carbocycles. The number of aliphatic hydroxyl groups excluding tert-OH is 1.